The molecule has 4 aliphatic carbocycles. The Kier molecular flexibility index (Phi) is 9.49. The molecule has 7 atom stereocenters. The Morgan fingerprint density at radius 3 is 2.46 bits per heavy atom. The van der Waals surface area contributed by atoms with E-state index < -0.39 is 64.6 Å². The molecule has 7 unspecified atom stereocenters. The summed E-state index contributed by atoms with van der Waals surface area (Å²) < 4.78 is 61.8. The Morgan fingerprint density at radius 1 is 1.12 bits per heavy atom. The molecular formula is C34H44ClF4N5O4. The molecule has 264 valence electrons. The van der Waals surface area contributed by atoms with Gasteiger partial charge < -0.3 is 10.0 Å². The predicted octanol–water partition coefficient (Wildman–Crippen LogP) is 6.74. The average Bonchev–Trinajstić information content (AvgIpc) is 3.59. The van der Waals surface area contributed by atoms with E-state index in [0.29, 0.717) is 49.2 Å². The van der Waals surface area contributed by atoms with Gasteiger partial charge in [0.05, 0.1) is 34.8 Å². The maximum absolute atomic E-state index is 15.7. The van der Waals surface area contributed by atoms with E-state index in [1.54, 1.807) is 18.1 Å². The summed E-state index contributed by atoms with van der Waals surface area (Å²) in [5.41, 5.74) is 0.328. The van der Waals surface area contributed by atoms with Crippen molar-refractivity contribution >= 4 is 29.4 Å². The number of rotatable bonds is 8. The predicted molar refractivity (Wildman–Crippen MR) is 168 cm³/mol. The van der Waals surface area contributed by atoms with Crippen LogP contribution in [0.3, 0.4) is 0 Å². The summed E-state index contributed by atoms with van der Waals surface area (Å²) in [5.74, 6) is -6.07. The number of hydrogen-bond acceptors (Lipinski definition) is 5. The normalized spacial score (nSPS) is 30.1. The lowest BCUT2D eigenvalue weighted by Crippen LogP contribution is -2.47. The number of nitrogens with zero attached hydrogens (tertiary/aromatic N) is 5. The summed E-state index contributed by atoms with van der Waals surface area (Å²) >= 11 is 6.72. The lowest BCUT2D eigenvalue weighted by Gasteiger charge is -2.40. The quantitative estimate of drug-likeness (QED) is 0.242. The molecule has 1 amide bonds. The van der Waals surface area contributed by atoms with E-state index in [1.807, 2.05) is 24.7 Å². The van der Waals surface area contributed by atoms with Crippen molar-refractivity contribution in [2.45, 2.75) is 121 Å². The number of amides is 1. The number of carbonyl (C=O) groups excluding carboxylic acids is 2. The molecule has 0 aliphatic heterocycles. The van der Waals surface area contributed by atoms with Gasteiger partial charge in [-0.3, -0.25) is 19.1 Å². The van der Waals surface area contributed by atoms with Crippen LogP contribution in [0.2, 0.25) is 0 Å². The molecule has 0 spiro atoms. The lowest BCUT2D eigenvalue weighted by atomic mass is 9.69. The van der Waals surface area contributed by atoms with Gasteiger partial charge in [0, 0.05) is 55.0 Å². The molecule has 2 aromatic heterocycles. The van der Waals surface area contributed by atoms with E-state index in [-0.39, 0.29) is 56.9 Å². The van der Waals surface area contributed by atoms with E-state index in [9.17, 15) is 32.7 Å². The van der Waals surface area contributed by atoms with E-state index in [4.69, 9.17) is 11.6 Å². The highest BCUT2D eigenvalue weighted by Gasteiger charge is 2.69. The van der Waals surface area contributed by atoms with Crippen molar-refractivity contribution < 1.29 is 37.1 Å². The van der Waals surface area contributed by atoms with Crippen LogP contribution >= 0.6 is 11.6 Å². The summed E-state index contributed by atoms with van der Waals surface area (Å²) in [6.45, 7) is 4.33. The molecule has 3 fully saturated rings. The van der Waals surface area contributed by atoms with Gasteiger partial charge in [0.25, 0.3) is 5.91 Å². The first-order valence-corrected chi connectivity index (χ1v) is 17.6. The third kappa shape index (κ3) is 6.28. The number of carboxylic acids is 1. The van der Waals surface area contributed by atoms with Crippen LogP contribution in [0.4, 0.5) is 17.6 Å². The molecule has 2 aromatic rings. The van der Waals surface area contributed by atoms with Crippen LogP contribution in [0.25, 0.3) is 0 Å². The molecule has 6 rings (SSSR count). The van der Waals surface area contributed by atoms with Crippen molar-refractivity contribution in [2.75, 3.05) is 7.05 Å². The first kappa shape index (κ1) is 34.9. The Morgan fingerprint density at radius 2 is 1.85 bits per heavy atom. The largest absolute Gasteiger partial charge is 0.481 e. The van der Waals surface area contributed by atoms with Gasteiger partial charge in [0.15, 0.2) is 0 Å². The van der Waals surface area contributed by atoms with Crippen molar-refractivity contribution in [1.82, 2.24) is 24.5 Å². The highest BCUT2D eigenvalue weighted by molar-refractivity contribution is 6.22. The second-order valence-electron chi connectivity index (χ2n) is 14.8. The minimum absolute atomic E-state index is 0.0493. The molecule has 1 N–H and O–H groups in total. The molecular weight excluding hydrogens is 654 g/mol. The number of alkyl halides is 5. The summed E-state index contributed by atoms with van der Waals surface area (Å²) in [5, 5.41) is 17.7. The minimum Gasteiger partial charge on any atom is -0.481 e. The molecule has 3 saturated carbocycles. The SMILES string of the molecule is CC(C)n1cc(CN(C)C(=O)C2CCc3c(C4CCC(C(=O)O)CC4F)nn(C(=O)C4C(Cl)CCCC4C4(C(F)(F)F)CC4)c3C2)cn1. The van der Waals surface area contributed by atoms with Gasteiger partial charge in [-0.2, -0.15) is 23.4 Å². The van der Waals surface area contributed by atoms with Crippen molar-refractivity contribution in [2.24, 2.45) is 29.1 Å². The first-order valence-electron chi connectivity index (χ1n) is 17.1. The van der Waals surface area contributed by atoms with Gasteiger partial charge in [-0.05, 0) is 83.1 Å². The van der Waals surface area contributed by atoms with Crippen LogP contribution in [-0.4, -0.2) is 72.1 Å². The zero-order valence-electron chi connectivity index (χ0n) is 27.6. The molecule has 2 heterocycles. The number of carboxylic acid groups (broad SMARTS) is 1. The lowest BCUT2D eigenvalue weighted by molar-refractivity contribution is -0.209. The maximum Gasteiger partial charge on any atom is 0.394 e. The van der Waals surface area contributed by atoms with Crippen LogP contribution in [0.5, 0.6) is 0 Å². The average molecular weight is 698 g/mol. The van der Waals surface area contributed by atoms with Gasteiger partial charge in [-0.25, -0.2) is 9.07 Å². The zero-order valence-corrected chi connectivity index (χ0v) is 28.3. The van der Waals surface area contributed by atoms with Gasteiger partial charge >= 0.3 is 12.1 Å². The number of halogens is 5. The molecule has 0 aromatic carbocycles. The van der Waals surface area contributed by atoms with Crippen LogP contribution in [0.15, 0.2) is 12.4 Å². The number of hydrogen-bond donors (Lipinski definition) is 1. The van der Waals surface area contributed by atoms with Crippen LogP contribution in [0.1, 0.15) is 111 Å². The van der Waals surface area contributed by atoms with E-state index in [1.165, 1.54) is 0 Å². The fourth-order valence-electron chi connectivity index (χ4n) is 8.62. The van der Waals surface area contributed by atoms with Crippen molar-refractivity contribution in [3.63, 3.8) is 0 Å². The summed E-state index contributed by atoms with van der Waals surface area (Å²) in [6, 6.07) is 0.161. The highest BCUT2D eigenvalue weighted by Crippen LogP contribution is 2.66. The smallest absolute Gasteiger partial charge is 0.394 e. The van der Waals surface area contributed by atoms with Crippen LogP contribution < -0.4 is 0 Å². The molecule has 0 radical (unpaired) electrons. The third-order valence-corrected chi connectivity index (χ3v) is 12.0. The fourth-order valence-corrected chi connectivity index (χ4v) is 9.05. The highest BCUT2D eigenvalue weighted by atomic mass is 35.5. The van der Waals surface area contributed by atoms with Crippen molar-refractivity contribution in [3.05, 3.63) is 34.9 Å². The molecule has 0 saturated heterocycles. The molecule has 0 bridgehead atoms. The van der Waals surface area contributed by atoms with Gasteiger partial charge in [0.2, 0.25) is 5.91 Å². The zero-order chi connectivity index (χ0) is 34.7. The Balaban J connectivity index is 1.32. The number of carbonyl (C=O) groups is 3. The molecule has 4 aliphatic rings. The van der Waals surface area contributed by atoms with E-state index in [2.05, 4.69) is 10.2 Å². The monoisotopic (exact) mass is 697 g/mol. The minimum atomic E-state index is -4.48. The van der Waals surface area contributed by atoms with Gasteiger partial charge in [-0.1, -0.05) is 6.42 Å². The summed E-state index contributed by atoms with van der Waals surface area (Å²) in [7, 11) is 1.70. The number of aromatic nitrogens is 4. The number of fused-ring (bicyclic) bond motifs is 1. The number of aliphatic carboxylic acids is 1. The Labute approximate surface area is 282 Å². The topological polar surface area (TPSA) is 110 Å². The molecule has 14 heteroatoms. The Hall–Kier alpha value is -2.96. The van der Waals surface area contributed by atoms with Crippen LogP contribution in [0, 0.1) is 29.1 Å². The van der Waals surface area contributed by atoms with Gasteiger partial charge in [-0.15, -0.1) is 11.6 Å². The standard InChI is InChI=1S/C34H44ClF4N5O4/c1-18(2)43-17-19(15-40-43)16-42(3)30(45)20-7-10-23-27(14-20)44(41-29(23)22-9-8-21(32(47)48)13-26(22)36)31(46)28-24(5-4-6-25(28)35)33(11-12-33)34(37,38)39/h15,17-18,20-22,24-26,28H,4-14,16H2,1-3H3,(H,47,48). The fraction of sp³-hybridized carbons (Fsp3) is 0.735. The third-order valence-electron chi connectivity index (χ3n) is 11.5. The van der Waals surface area contributed by atoms with Crippen LogP contribution in [-0.2, 0) is 29.0 Å². The van der Waals surface area contributed by atoms with Crippen molar-refractivity contribution in [3.8, 4) is 0 Å². The second kappa shape index (κ2) is 13.1. The summed E-state index contributed by atoms with van der Waals surface area (Å²) in [6.07, 6.45) is -0.218. The maximum atomic E-state index is 15.7. The molecule has 9 nitrogen and oxygen atoms in total. The first-order chi connectivity index (χ1) is 22.6. The Bertz CT molecular complexity index is 1550. The van der Waals surface area contributed by atoms with Crippen molar-refractivity contribution in [1.29, 1.82) is 0 Å². The van der Waals surface area contributed by atoms with E-state index >= 15 is 4.39 Å². The van der Waals surface area contributed by atoms with Gasteiger partial charge in [0.1, 0.15) is 6.17 Å². The second-order valence-corrected chi connectivity index (χ2v) is 15.4. The van der Waals surface area contributed by atoms with E-state index in [0.717, 1.165) is 10.2 Å². The molecule has 48 heavy (non-hydrogen) atoms. The summed E-state index contributed by atoms with van der Waals surface area (Å²) in [4.78, 5) is 41.5.